The number of nitrogens with one attached hydrogen (secondary N) is 1. The number of ether oxygens (including phenoxy) is 1. The maximum absolute atomic E-state index is 13.5. The van der Waals surface area contributed by atoms with Crippen molar-refractivity contribution in [1.29, 1.82) is 0 Å². The van der Waals surface area contributed by atoms with Crippen molar-refractivity contribution in [1.82, 2.24) is 10.2 Å². The number of hydrogen-bond donors (Lipinski definition) is 1. The Labute approximate surface area is 206 Å². The summed E-state index contributed by atoms with van der Waals surface area (Å²) in [5.74, 6) is 0.142. The molecule has 178 valence electrons. The summed E-state index contributed by atoms with van der Waals surface area (Å²) in [6.07, 6.45) is 0.392. The highest BCUT2D eigenvalue weighted by Crippen LogP contribution is 2.18. The van der Waals surface area contributed by atoms with Gasteiger partial charge in [0.15, 0.2) is 6.61 Å². The molecular formula is C28H31ClN2O3. The van der Waals surface area contributed by atoms with Crippen LogP contribution < -0.4 is 10.1 Å². The highest BCUT2D eigenvalue weighted by molar-refractivity contribution is 6.30. The first kappa shape index (κ1) is 25.3. The summed E-state index contributed by atoms with van der Waals surface area (Å²) in [6, 6.07) is 23.8. The predicted molar refractivity (Wildman–Crippen MR) is 136 cm³/mol. The number of benzene rings is 3. The van der Waals surface area contributed by atoms with Gasteiger partial charge in [-0.2, -0.15) is 0 Å². The number of aryl methyl sites for hydroxylation is 1. The Balaban J connectivity index is 1.89. The van der Waals surface area contributed by atoms with Gasteiger partial charge in [0.25, 0.3) is 5.91 Å². The number of carbonyl (C=O) groups excluding carboxylic acids is 2. The average Bonchev–Trinajstić information content (AvgIpc) is 2.82. The van der Waals surface area contributed by atoms with E-state index in [0.29, 0.717) is 17.2 Å². The first-order chi connectivity index (χ1) is 16.3. The molecule has 0 saturated heterocycles. The van der Waals surface area contributed by atoms with Crippen LogP contribution in [0.2, 0.25) is 5.02 Å². The third kappa shape index (κ3) is 7.63. The van der Waals surface area contributed by atoms with Gasteiger partial charge in [-0.1, -0.05) is 71.8 Å². The van der Waals surface area contributed by atoms with Crippen molar-refractivity contribution >= 4 is 23.4 Å². The van der Waals surface area contributed by atoms with Crippen molar-refractivity contribution in [3.05, 3.63) is 101 Å². The van der Waals surface area contributed by atoms with Crippen LogP contribution >= 0.6 is 11.6 Å². The Bertz CT molecular complexity index is 1070. The minimum atomic E-state index is -0.699. The quantitative estimate of drug-likeness (QED) is 0.436. The molecule has 1 N–H and O–H groups in total. The lowest BCUT2D eigenvalue weighted by atomic mass is 10.0. The number of halogens is 1. The zero-order chi connectivity index (χ0) is 24.5. The Hall–Kier alpha value is -3.31. The summed E-state index contributed by atoms with van der Waals surface area (Å²) in [6.45, 7) is 5.89. The zero-order valence-corrected chi connectivity index (χ0v) is 20.6. The number of carbonyl (C=O) groups is 2. The fraction of sp³-hybridized carbons (Fsp3) is 0.286. The summed E-state index contributed by atoms with van der Waals surface area (Å²) in [5.41, 5.74) is 2.96. The molecule has 0 aliphatic rings. The molecule has 5 nitrogen and oxygen atoms in total. The lowest BCUT2D eigenvalue weighted by molar-refractivity contribution is -0.143. The van der Waals surface area contributed by atoms with Gasteiger partial charge in [0.05, 0.1) is 0 Å². The van der Waals surface area contributed by atoms with Gasteiger partial charge in [0.2, 0.25) is 5.91 Å². The number of hydrogen-bond acceptors (Lipinski definition) is 3. The van der Waals surface area contributed by atoms with E-state index in [1.807, 2.05) is 87.5 Å². The molecule has 0 aliphatic heterocycles. The Kier molecular flexibility index (Phi) is 9.11. The van der Waals surface area contributed by atoms with Gasteiger partial charge in [-0.25, -0.2) is 0 Å². The third-order valence-electron chi connectivity index (χ3n) is 5.35. The van der Waals surface area contributed by atoms with Crippen LogP contribution in [-0.4, -0.2) is 35.4 Å². The molecule has 0 aromatic heterocycles. The summed E-state index contributed by atoms with van der Waals surface area (Å²) in [5, 5.41) is 3.59. The van der Waals surface area contributed by atoms with Crippen LogP contribution in [-0.2, 0) is 22.6 Å². The van der Waals surface area contributed by atoms with Crippen molar-refractivity contribution in [3.8, 4) is 5.75 Å². The first-order valence-corrected chi connectivity index (χ1v) is 11.8. The van der Waals surface area contributed by atoms with E-state index in [9.17, 15) is 9.59 Å². The van der Waals surface area contributed by atoms with Gasteiger partial charge in [-0.05, 0) is 56.2 Å². The van der Waals surface area contributed by atoms with Crippen LogP contribution in [0.4, 0.5) is 0 Å². The lowest BCUT2D eigenvalue weighted by Crippen LogP contribution is -2.52. The summed E-state index contributed by atoms with van der Waals surface area (Å²) >= 11 is 6.05. The average molecular weight is 479 g/mol. The lowest BCUT2D eigenvalue weighted by Gasteiger charge is -2.32. The van der Waals surface area contributed by atoms with E-state index in [1.54, 1.807) is 17.0 Å². The number of nitrogens with zero attached hydrogens (tertiary/aromatic N) is 1. The molecule has 3 rings (SSSR count). The molecule has 0 fully saturated rings. The SMILES string of the molecule is Cc1ccc(OCC(=O)N(Cc2ccc(Cl)cc2)[C@@H](Cc2ccccc2)C(=O)NC(C)C)cc1. The topological polar surface area (TPSA) is 58.6 Å². The van der Waals surface area contributed by atoms with E-state index >= 15 is 0 Å². The molecule has 0 spiro atoms. The van der Waals surface area contributed by atoms with E-state index in [0.717, 1.165) is 16.7 Å². The highest BCUT2D eigenvalue weighted by atomic mass is 35.5. The van der Waals surface area contributed by atoms with Gasteiger partial charge in [-0.3, -0.25) is 9.59 Å². The number of amides is 2. The fourth-order valence-electron chi connectivity index (χ4n) is 3.58. The van der Waals surface area contributed by atoms with E-state index in [1.165, 1.54) is 0 Å². The van der Waals surface area contributed by atoms with Gasteiger partial charge in [-0.15, -0.1) is 0 Å². The van der Waals surface area contributed by atoms with E-state index < -0.39 is 6.04 Å². The molecule has 3 aromatic carbocycles. The van der Waals surface area contributed by atoms with E-state index in [4.69, 9.17) is 16.3 Å². The maximum atomic E-state index is 13.5. The molecule has 0 aliphatic carbocycles. The van der Waals surface area contributed by atoms with E-state index in [-0.39, 0.29) is 31.0 Å². The molecule has 3 aromatic rings. The van der Waals surface area contributed by atoms with Crippen molar-refractivity contribution in [3.63, 3.8) is 0 Å². The Morgan fingerprint density at radius 2 is 1.56 bits per heavy atom. The largest absolute Gasteiger partial charge is 0.484 e. The van der Waals surface area contributed by atoms with Crippen LogP contribution in [0.1, 0.15) is 30.5 Å². The molecular weight excluding hydrogens is 448 g/mol. The second-order valence-corrected chi connectivity index (χ2v) is 9.06. The minimum Gasteiger partial charge on any atom is -0.484 e. The summed E-state index contributed by atoms with van der Waals surface area (Å²) in [4.78, 5) is 28.4. The minimum absolute atomic E-state index is 0.0536. The van der Waals surface area contributed by atoms with Crippen molar-refractivity contribution < 1.29 is 14.3 Å². The second kappa shape index (κ2) is 12.2. The standard InChI is InChI=1S/C28H31ClN2O3/c1-20(2)30-28(33)26(17-22-7-5-4-6-8-22)31(18-23-11-13-24(29)14-12-23)27(32)19-34-25-15-9-21(3)10-16-25/h4-16,20,26H,17-19H2,1-3H3,(H,30,33)/t26-/m0/s1. The molecule has 2 amide bonds. The first-order valence-electron chi connectivity index (χ1n) is 11.4. The van der Waals surface area contributed by atoms with Crippen molar-refractivity contribution in [2.75, 3.05) is 6.61 Å². The molecule has 0 saturated carbocycles. The van der Waals surface area contributed by atoms with Crippen LogP contribution in [0.5, 0.6) is 5.75 Å². The predicted octanol–water partition coefficient (Wildman–Crippen LogP) is 5.19. The van der Waals surface area contributed by atoms with Crippen LogP contribution in [0.15, 0.2) is 78.9 Å². The van der Waals surface area contributed by atoms with Crippen molar-refractivity contribution in [2.45, 2.75) is 45.8 Å². The van der Waals surface area contributed by atoms with Crippen LogP contribution in [0, 0.1) is 6.92 Å². The normalized spacial score (nSPS) is 11.7. The Morgan fingerprint density at radius 1 is 0.912 bits per heavy atom. The van der Waals surface area contributed by atoms with E-state index in [2.05, 4.69) is 5.32 Å². The Morgan fingerprint density at radius 3 is 2.18 bits per heavy atom. The molecule has 1 atom stereocenters. The van der Waals surface area contributed by atoms with Gasteiger partial charge >= 0.3 is 0 Å². The molecule has 0 unspecified atom stereocenters. The molecule has 0 radical (unpaired) electrons. The third-order valence-corrected chi connectivity index (χ3v) is 5.60. The molecule has 0 bridgehead atoms. The summed E-state index contributed by atoms with van der Waals surface area (Å²) < 4.78 is 5.78. The maximum Gasteiger partial charge on any atom is 0.261 e. The molecule has 6 heteroatoms. The monoisotopic (exact) mass is 478 g/mol. The fourth-order valence-corrected chi connectivity index (χ4v) is 3.71. The number of rotatable bonds is 10. The van der Waals surface area contributed by atoms with Crippen LogP contribution in [0.3, 0.4) is 0 Å². The van der Waals surface area contributed by atoms with Crippen LogP contribution in [0.25, 0.3) is 0 Å². The van der Waals surface area contributed by atoms with Gasteiger partial charge in [0, 0.05) is 24.0 Å². The zero-order valence-electron chi connectivity index (χ0n) is 19.8. The molecule has 0 heterocycles. The smallest absolute Gasteiger partial charge is 0.261 e. The van der Waals surface area contributed by atoms with Gasteiger partial charge in [0.1, 0.15) is 11.8 Å². The molecule has 34 heavy (non-hydrogen) atoms. The highest BCUT2D eigenvalue weighted by Gasteiger charge is 2.31. The van der Waals surface area contributed by atoms with Crippen molar-refractivity contribution in [2.24, 2.45) is 0 Å². The second-order valence-electron chi connectivity index (χ2n) is 8.62. The van der Waals surface area contributed by atoms with Gasteiger partial charge < -0.3 is 15.0 Å². The summed E-state index contributed by atoms with van der Waals surface area (Å²) in [7, 11) is 0.